The zero-order valence-electron chi connectivity index (χ0n) is 15.8. The Morgan fingerprint density at radius 1 is 1.11 bits per heavy atom. The molecule has 0 aliphatic carbocycles. The van der Waals surface area contributed by atoms with E-state index in [1.807, 2.05) is 31.2 Å². The van der Waals surface area contributed by atoms with Gasteiger partial charge in [-0.1, -0.05) is 29.8 Å². The lowest BCUT2D eigenvalue weighted by atomic mass is 10.1. The van der Waals surface area contributed by atoms with Crippen molar-refractivity contribution in [3.05, 3.63) is 59.7 Å². The van der Waals surface area contributed by atoms with Gasteiger partial charge in [-0.15, -0.1) is 0 Å². The lowest BCUT2D eigenvalue weighted by Crippen LogP contribution is -2.39. The molecule has 0 aliphatic heterocycles. The minimum absolute atomic E-state index is 0.368. The van der Waals surface area contributed by atoms with Gasteiger partial charge in [0.15, 0.2) is 0 Å². The average Bonchev–Trinajstić information content (AvgIpc) is 2.64. The molecule has 2 aromatic rings. The Morgan fingerprint density at radius 3 is 2.22 bits per heavy atom. The summed E-state index contributed by atoms with van der Waals surface area (Å²) >= 11 is 0. The van der Waals surface area contributed by atoms with E-state index in [0.717, 1.165) is 21.7 Å². The number of carbonyl (C=O) groups is 1. The highest BCUT2D eigenvalue weighted by Gasteiger charge is 2.20. The monoisotopic (exact) mass is 389 g/mol. The number of benzene rings is 2. The molecule has 2 rings (SSSR count). The van der Waals surface area contributed by atoms with Crippen molar-refractivity contribution in [3.63, 3.8) is 0 Å². The summed E-state index contributed by atoms with van der Waals surface area (Å²) in [4.78, 5) is 12.2. The third kappa shape index (κ3) is 5.82. The van der Waals surface area contributed by atoms with Gasteiger partial charge >= 0.3 is 0 Å². The number of rotatable bonds is 7. The summed E-state index contributed by atoms with van der Waals surface area (Å²) in [5.41, 5.74) is 5.40. The highest BCUT2D eigenvalue weighted by Crippen LogP contribution is 2.21. The van der Waals surface area contributed by atoms with Crippen LogP contribution in [-0.4, -0.2) is 39.9 Å². The first-order valence-corrected chi connectivity index (χ1v) is 10.1. The predicted octanol–water partition coefficient (Wildman–Crippen LogP) is 2.31. The van der Waals surface area contributed by atoms with Crippen LogP contribution in [0.1, 0.15) is 18.1 Å². The van der Waals surface area contributed by atoms with Gasteiger partial charge in [-0.05, 0) is 43.7 Å². The molecule has 7 nitrogen and oxygen atoms in total. The third-order valence-corrected chi connectivity index (χ3v) is 5.01. The smallest absolute Gasteiger partial charge is 0.260 e. The fourth-order valence-corrected chi connectivity index (χ4v) is 3.18. The molecule has 0 fully saturated rings. The first-order chi connectivity index (χ1) is 12.7. The number of sulfonamides is 1. The number of anilines is 1. The van der Waals surface area contributed by atoms with Crippen molar-refractivity contribution in [1.82, 2.24) is 5.43 Å². The Labute approximate surface area is 159 Å². The standard InChI is InChI=1S/C19H23N3O4S/c1-14-5-7-16(8-6-14)15(2)20-21-19(23)13-22(27(4,24)25)17-9-11-18(26-3)12-10-17/h5-12H,13H2,1-4H3,(H,21,23)/b20-15+. The van der Waals surface area contributed by atoms with Crippen molar-refractivity contribution in [2.75, 3.05) is 24.2 Å². The predicted molar refractivity (Wildman–Crippen MR) is 107 cm³/mol. The molecule has 0 spiro atoms. The maximum atomic E-state index is 12.2. The molecule has 2 aromatic carbocycles. The number of hydrazone groups is 1. The largest absolute Gasteiger partial charge is 0.497 e. The molecule has 0 heterocycles. The van der Waals surface area contributed by atoms with E-state index in [9.17, 15) is 13.2 Å². The molecule has 8 heteroatoms. The first kappa shape index (κ1) is 20.4. The molecular weight excluding hydrogens is 366 g/mol. The highest BCUT2D eigenvalue weighted by atomic mass is 32.2. The Kier molecular flexibility index (Phi) is 6.57. The van der Waals surface area contributed by atoms with Crippen LogP contribution in [0.2, 0.25) is 0 Å². The van der Waals surface area contributed by atoms with Crippen molar-refractivity contribution < 1.29 is 17.9 Å². The fraction of sp³-hybridized carbons (Fsp3) is 0.263. The van der Waals surface area contributed by atoms with Crippen molar-refractivity contribution >= 4 is 27.3 Å². The van der Waals surface area contributed by atoms with Crippen LogP contribution in [0, 0.1) is 6.92 Å². The number of ether oxygens (including phenoxy) is 1. The Balaban J connectivity index is 2.11. The molecule has 1 amide bonds. The number of amides is 1. The molecule has 0 atom stereocenters. The number of hydrogen-bond donors (Lipinski definition) is 1. The summed E-state index contributed by atoms with van der Waals surface area (Å²) in [5.74, 6) is 0.0534. The molecule has 0 saturated carbocycles. The summed E-state index contributed by atoms with van der Waals surface area (Å²) in [5, 5.41) is 4.06. The van der Waals surface area contributed by atoms with E-state index in [1.54, 1.807) is 31.2 Å². The second kappa shape index (κ2) is 8.68. The van der Waals surface area contributed by atoms with Gasteiger partial charge in [0, 0.05) is 0 Å². The van der Waals surface area contributed by atoms with E-state index in [0.29, 0.717) is 17.1 Å². The van der Waals surface area contributed by atoms with Crippen LogP contribution in [0.4, 0.5) is 5.69 Å². The van der Waals surface area contributed by atoms with Crippen LogP contribution in [-0.2, 0) is 14.8 Å². The Morgan fingerprint density at radius 2 is 1.70 bits per heavy atom. The van der Waals surface area contributed by atoms with Crippen molar-refractivity contribution in [2.24, 2.45) is 5.10 Å². The van der Waals surface area contributed by atoms with E-state index in [2.05, 4.69) is 10.5 Å². The number of methoxy groups -OCH3 is 1. The van der Waals surface area contributed by atoms with E-state index in [-0.39, 0.29) is 6.54 Å². The zero-order chi connectivity index (χ0) is 20.0. The van der Waals surface area contributed by atoms with E-state index in [4.69, 9.17) is 4.74 Å². The zero-order valence-corrected chi connectivity index (χ0v) is 16.6. The van der Waals surface area contributed by atoms with Crippen LogP contribution in [0.25, 0.3) is 0 Å². The van der Waals surface area contributed by atoms with Gasteiger partial charge < -0.3 is 4.74 Å². The molecule has 1 N–H and O–H groups in total. The van der Waals surface area contributed by atoms with E-state index >= 15 is 0 Å². The van der Waals surface area contributed by atoms with Crippen molar-refractivity contribution in [2.45, 2.75) is 13.8 Å². The molecule has 144 valence electrons. The van der Waals surface area contributed by atoms with Crippen molar-refractivity contribution in [3.8, 4) is 5.75 Å². The van der Waals surface area contributed by atoms with Gasteiger partial charge in [0.2, 0.25) is 10.0 Å². The highest BCUT2D eigenvalue weighted by molar-refractivity contribution is 7.92. The second-order valence-electron chi connectivity index (χ2n) is 6.07. The normalized spacial score (nSPS) is 11.8. The van der Waals surface area contributed by atoms with Gasteiger partial charge in [0.1, 0.15) is 12.3 Å². The van der Waals surface area contributed by atoms with Gasteiger partial charge in [-0.25, -0.2) is 13.8 Å². The molecule has 0 aromatic heterocycles. The summed E-state index contributed by atoms with van der Waals surface area (Å²) in [6.07, 6.45) is 1.05. The third-order valence-electron chi connectivity index (χ3n) is 3.87. The van der Waals surface area contributed by atoms with E-state index in [1.165, 1.54) is 7.11 Å². The maximum Gasteiger partial charge on any atom is 0.260 e. The van der Waals surface area contributed by atoms with Gasteiger partial charge in [0.05, 0.1) is 24.8 Å². The molecule has 27 heavy (non-hydrogen) atoms. The molecular formula is C19H23N3O4S. The molecule has 0 unspecified atom stereocenters. The molecule has 0 aliphatic rings. The number of nitrogens with one attached hydrogen (secondary N) is 1. The summed E-state index contributed by atoms with van der Waals surface area (Å²) in [6, 6.07) is 14.1. The molecule has 0 radical (unpaired) electrons. The number of carbonyl (C=O) groups excluding carboxylic acids is 1. The maximum absolute atomic E-state index is 12.2. The summed E-state index contributed by atoms with van der Waals surface area (Å²) < 4.78 is 30.3. The number of nitrogens with zero attached hydrogens (tertiary/aromatic N) is 2. The van der Waals surface area contributed by atoms with Crippen LogP contribution in [0.3, 0.4) is 0 Å². The Hall–Kier alpha value is -2.87. The summed E-state index contributed by atoms with van der Waals surface area (Å²) in [6.45, 7) is 3.37. The minimum atomic E-state index is -3.64. The minimum Gasteiger partial charge on any atom is -0.497 e. The average molecular weight is 389 g/mol. The lowest BCUT2D eigenvalue weighted by Gasteiger charge is -2.21. The van der Waals surface area contributed by atoms with E-state index < -0.39 is 15.9 Å². The number of hydrogen-bond acceptors (Lipinski definition) is 5. The quantitative estimate of drug-likeness (QED) is 0.581. The van der Waals surface area contributed by atoms with Gasteiger partial charge in [-0.2, -0.15) is 5.10 Å². The SMILES string of the molecule is COc1ccc(N(CC(=O)N/N=C(\C)c2ccc(C)cc2)S(C)(=O)=O)cc1. The van der Waals surface area contributed by atoms with Crippen LogP contribution in [0.15, 0.2) is 53.6 Å². The fourth-order valence-electron chi connectivity index (χ4n) is 2.32. The summed E-state index contributed by atoms with van der Waals surface area (Å²) in [7, 11) is -2.13. The van der Waals surface area contributed by atoms with Crippen molar-refractivity contribution in [1.29, 1.82) is 0 Å². The van der Waals surface area contributed by atoms with Crippen LogP contribution >= 0.6 is 0 Å². The topological polar surface area (TPSA) is 88.1 Å². The first-order valence-electron chi connectivity index (χ1n) is 8.22. The molecule has 0 bridgehead atoms. The molecule has 0 saturated heterocycles. The van der Waals surface area contributed by atoms with Gasteiger partial charge in [0.25, 0.3) is 5.91 Å². The van der Waals surface area contributed by atoms with Crippen LogP contribution in [0.5, 0.6) is 5.75 Å². The lowest BCUT2D eigenvalue weighted by molar-refractivity contribution is -0.119. The van der Waals surface area contributed by atoms with Crippen LogP contribution < -0.4 is 14.5 Å². The second-order valence-corrected chi connectivity index (χ2v) is 7.97. The number of aryl methyl sites for hydroxylation is 1. The van der Waals surface area contributed by atoms with Gasteiger partial charge in [-0.3, -0.25) is 9.10 Å². The Bertz CT molecular complexity index is 920.